The Morgan fingerprint density at radius 3 is 2.72 bits per heavy atom. The first-order valence-corrected chi connectivity index (χ1v) is 5.88. The van der Waals surface area contributed by atoms with Crippen LogP contribution in [0.2, 0.25) is 5.02 Å². The van der Waals surface area contributed by atoms with Crippen molar-refractivity contribution in [2.24, 2.45) is 0 Å². The number of ketones is 1. The smallest absolute Gasteiger partial charge is 0.143 e. The van der Waals surface area contributed by atoms with Gasteiger partial charge in [0.15, 0.2) is 0 Å². The van der Waals surface area contributed by atoms with Gasteiger partial charge in [-0.05, 0) is 29.8 Å². The summed E-state index contributed by atoms with van der Waals surface area (Å²) in [6, 6.07) is 9.75. The van der Waals surface area contributed by atoms with Crippen LogP contribution in [0, 0.1) is 5.82 Å². The molecule has 0 bridgehead atoms. The number of carbonyl (C=O) groups is 1. The van der Waals surface area contributed by atoms with Gasteiger partial charge in [-0.3, -0.25) is 9.78 Å². The van der Waals surface area contributed by atoms with Crippen LogP contribution in [0.4, 0.5) is 4.39 Å². The summed E-state index contributed by atoms with van der Waals surface area (Å²) in [5.41, 5.74) is 1.44. The molecule has 0 saturated carbocycles. The van der Waals surface area contributed by atoms with E-state index in [0.29, 0.717) is 5.56 Å². The van der Waals surface area contributed by atoms with Crippen LogP contribution in [0.25, 0.3) is 0 Å². The third-order valence-electron chi connectivity index (χ3n) is 2.49. The van der Waals surface area contributed by atoms with Crippen LogP contribution >= 0.6 is 11.6 Å². The van der Waals surface area contributed by atoms with E-state index in [1.165, 1.54) is 12.1 Å². The average Bonchev–Trinajstić information content (AvgIpc) is 2.35. The Balaban J connectivity index is 2.01. The molecule has 0 aliphatic carbocycles. The van der Waals surface area contributed by atoms with E-state index in [-0.39, 0.29) is 23.6 Å². The number of hydrogen-bond donors (Lipinski definition) is 0. The van der Waals surface area contributed by atoms with Crippen LogP contribution < -0.4 is 0 Å². The van der Waals surface area contributed by atoms with Crippen LogP contribution in [0.15, 0.2) is 42.6 Å². The fourth-order valence-electron chi connectivity index (χ4n) is 1.64. The van der Waals surface area contributed by atoms with E-state index >= 15 is 0 Å². The first kappa shape index (κ1) is 12.7. The minimum absolute atomic E-state index is 0.0244. The van der Waals surface area contributed by atoms with Crippen molar-refractivity contribution in [2.75, 3.05) is 0 Å². The van der Waals surface area contributed by atoms with E-state index in [1.54, 1.807) is 24.4 Å². The molecule has 92 valence electrons. The number of rotatable bonds is 4. The molecule has 0 fully saturated rings. The van der Waals surface area contributed by atoms with E-state index in [2.05, 4.69) is 4.98 Å². The number of benzene rings is 1. The van der Waals surface area contributed by atoms with E-state index in [0.717, 1.165) is 5.69 Å². The van der Waals surface area contributed by atoms with Crippen molar-refractivity contribution in [3.8, 4) is 0 Å². The Hall–Kier alpha value is -1.74. The number of nitrogens with zero attached hydrogens (tertiary/aromatic N) is 1. The molecule has 0 amide bonds. The first-order chi connectivity index (χ1) is 8.65. The Bertz CT molecular complexity index is 557. The Morgan fingerprint density at radius 1 is 1.22 bits per heavy atom. The van der Waals surface area contributed by atoms with E-state index in [9.17, 15) is 9.18 Å². The van der Waals surface area contributed by atoms with Crippen molar-refractivity contribution in [1.29, 1.82) is 0 Å². The maximum Gasteiger partial charge on any atom is 0.143 e. The zero-order valence-electron chi connectivity index (χ0n) is 9.57. The van der Waals surface area contributed by atoms with Crippen molar-refractivity contribution < 1.29 is 9.18 Å². The number of aromatic nitrogens is 1. The van der Waals surface area contributed by atoms with E-state index in [4.69, 9.17) is 11.6 Å². The predicted molar refractivity (Wildman–Crippen MR) is 68.1 cm³/mol. The summed E-state index contributed by atoms with van der Waals surface area (Å²) in [6.45, 7) is 0. The lowest BCUT2D eigenvalue weighted by molar-refractivity contribution is -0.117. The summed E-state index contributed by atoms with van der Waals surface area (Å²) in [5, 5.41) is 0.0399. The minimum Gasteiger partial charge on any atom is -0.299 e. The van der Waals surface area contributed by atoms with Crippen molar-refractivity contribution in [2.45, 2.75) is 12.8 Å². The predicted octanol–water partition coefficient (Wildman–Crippen LogP) is 3.23. The molecule has 0 saturated heterocycles. The van der Waals surface area contributed by atoms with Gasteiger partial charge in [-0.1, -0.05) is 23.7 Å². The second-order valence-electron chi connectivity index (χ2n) is 3.96. The molecule has 2 aromatic rings. The zero-order chi connectivity index (χ0) is 13.0. The largest absolute Gasteiger partial charge is 0.299 e. The van der Waals surface area contributed by atoms with E-state index < -0.39 is 5.82 Å². The van der Waals surface area contributed by atoms with Crippen molar-refractivity contribution in [3.63, 3.8) is 0 Å². The Morgan fingerprint density at radius 2 is 2.06 bits per heavy atom. The highest BCUT2D eigenvalue weighted by Crippen LogP contribution is 2.16. The molecule has 2 rings (SSSR count). The molecular formula is C14H11ClFNO. The number of pyridine rings is 1. The van der Waals surface area contributed by atoms with Gasteiger partial charge in [0, 0.05) is 24.7 Å². The molecule has 18 heavy (non-hydrogen) atoms. The fraction of sp³-hybridized carbons (Fsp3) is 0.143. The molecule has 0 aliphatic rings. The van der Waals surface area contributed by atoms with Crippen LogP contribution in [-0.4, -0.2) is 10.8 Å². The molecule has 1 heterocycles. The number of carbonyl (C=O) groups excluding carboxylic acids is 1. The molecule has 1 aromatic carbocycles. The molecule has 0 N–H and O–H groups in total. The summed E-state index contributed by atoms with van der Waals surface area (Å²) in [6.07, 6.45) is 2.16. The van der Waals surface area contributed by atoms with Gasteiger partial charge in [0.2, 0.25) is 0 Å². The topological polar surface area (TPSA) is 30.0 Å². The quantitative estimate of drug-likeness (QED) is 0.848. The fourth-order valence-corrected chi connectivity index (χ4v) is 1.85. The van der Waals surface area contributed by atoms with Crippen molar-refractivity contribution in [1.82, 2.24) is 4.98 Å². The highest BCUT2D eigenvalue weighted by atomic mass is 35.5. The maximum atomic E-state index is 13.0. The molecule has 0 atom stereocenters. The molecule has 4 heteroatoms. The van der Waals surface area contributed by atoms with Crippen molar-refractivity contribution in [3.05, 3.63) is 64.7 Å². The molecule has 0 unspecified atom stereocenters. The molecule has 0 aliphatic heterocycles. The summed E-state index contributed by atoms with van der Waals surface area (Å²) >= 11 is 5.66. The van der Waals surface area contributed by atoms with Gasteiger partial charge in [-0.2, -0.15) is 0 Å². The number of hydrogen-bond acceptors (Lipinski definition) is 2. The Kier molecular flexibility index (Phi) is 4.05. The van der Waals surface area contributed by atoms with Crippen LogP contribution in [0.1, 0.15) is 11.3 Å². The molecular weight excluding hydrogens is 253 g/mol. The third-order valence-corrected chi connectivity index (χ3v) is 2.78. The highest BCUT2D eigenvalue weighted by molar-refractivity contribution is 6.30. The van der Waals surface area contributed by atoms with Gasteiger partial charge in [0.05, 0.1) is 5.02 Å². The standard InChI is InChI=1S/C14H11ClFNO/c15-13-8-10(4-5-14(13)16)7-12(18)9-11-3-1-2-6-17-11/h1-6,8H,7,9H2. The second-order valence-corrected chi connectivity index (χ2v) is 4.37. The van der Waals surface area contributed by atoms with Gasteiger partial charge >= 0.3 is 0 Å². The third kappa shape index (κ3) is 3.37. The van der Waals surface area contributed by atoms with Crippen LogP contribution in [-0.2, 0) is 17.6 Å². The zero-order valence-corrected chi connectivity index (χ0v) is 10.3. The van der Waals surface area contributed by atoms with Gasteiger partial charge in [-0.25, -0.2) is 4.39 Å². The number of halogens is 2. The van der Waals surface area contributed by atoms with Gasteiger partial charge in [0.25, 0.3) is 0 Å². The average molecular weight is 264 g/mol. The van der Waals surface area contributed by atoms with Gasteiger partial charge < -0.3 is 0 Å². The summed E-state index contributed by atoms with van der Waals surface area (Å²) < 4.78 is 13.0. The SMILES string of the molecule is O=C(Cc1ccc(F)c(Cl)c1)Cc1ccccn1. The lowest BCUT2D eigenvalue weighted by Gasteiger charge is -2.02. The lowest BCUT2D eigenvalue weighted by atomic mass is 10.1. The first-order valence-electron chi connectivity index (χ1n) is 5.50. The molecule has 2 nitrogen and oxygen atoms in total. The molecule has 0 radical (unpaired) electrons. The highest BCUT2D eigenvalue weighted by Gasteiger charge is 2.08. The monoisotopic (exact) mass is 263 g/mol. The number of Topliss-reactive ketones (excluding diaryl/α,β-unsaturated/α-hetero) is 1. The van der Waals surface area contributed by atoms with Crippen LogP contribution in [0.3, 0.4) is 0 Å². The Labute approximate surface area is 109 Å². The lowest BCUT2D eigenvalue weighted by Crippen LogP contribution is -2.07. The summed E-state index contributed by atoms with van der Waals surface area (Å²) in [4.78, 5) is 15.9. The van der Waals surface area contributed by atoms with Gasteiger partial charge in [-0.15, -0.1) is 0 Å². The summed E-state index contributed by atoms with van der Waals surface area (Å²) in [5.74, 6) is -0.450. The van der Waals surface area contributed by atoms with Gasteiger partial charge in [0.1, 0.15) is 11.6 Å². The second kappa shape index (κ2) is 5.74. The van der Waals surface area contributed by atoms with Crippen LogP contribution in [0.5, 0.6) is 0 Å². The van der Waals surface area contributed by atoms with Crippen molar-refractivity contribution >= 4 is 17.4 Å². The maximum absolute atomic E-state index is 13.0. The molecule has 0 spiro atoms. The van der Waals surface area contributed by atoms with E-state index in [1.807, 2.05) is 6.07 Å². The molecule has 1 aromatic heterocycles. The normalized spacial score (nSPS) is 10.3. The minimum atomic E-state index is -0.474. The summed E-state index contributed by atoms with van der Waals surface area (Å²) in [7, 11) is 0.